The number of hydrogen-bond acceptors (Lipinski definition) is 8. The number of fused-ring (bicyclic) bond motifs is 1. The quantitative estimate of drug-likeness (QED) is 0.467. The second-order valence-electron chi connectivity index (χ2n) is 7.56. The van der Waals surface area contributed by atoms with Gasteiger partial charge < -0.3 is 19.9 Å². The van der Waals surface area contributed by atoms with Crippen LogP contribution >= 0.6 is 11.6 Å². The molecule has 1 aliphatic heterocycles. The molecule has 0 saturated carbocycles. The SMILES string of the molecule is COc1cccc(N2CCN(c3ncc4ncnc(Nc5ccc(F)c(Cl)c5)c4n3)CC2)c1. The molecule has 0 amide bonds. The van der Waals surface area contributed by atoms with Crippen LogP contribution in [0.15, 0.2) is 55.0 Å². The number of piperazine rings is 1. The molecule has 0 atom stereocenters. The summed E-state index contributed by atoms with van der Waals surface area (Å²) in [5.41, 5.74) is 2.93. The zero-order valence-corrected chi connectivity index (χ0v) is 18.6. The molecule has 8 nitrogen and oxygen atoms in total. The zero-order chi connectivity index (χ0) is 22.8. The van der Waals surface area contributed by atoms with E-state index in [2.05, 4.69) is 36.1 Å². The van der Waals surface area contributed by atoms with Crippen LogP contribution in [0, 0.1) is 5.82 Å². The summed E-state index contributed by atoms with van der Waals surface area (Å²) >= 11 is 5.91. The van der Waals surface area contributed by atoms with Crippen molar-refractivity contribution in [1.82, 2.24) is 19.9 Å². The van der Waals surface area contributed by atoms with Gasteiger partial charge in [0.1, 0.15) is 28.9 Å². The van der Waals surface area contributed by atoms with E-state index in [1.165, 1.54) is 18.5 Å². The monoisotopic (exact) mass is 465 g/mol. The number of methoxy groups -OCH3 is 1. The van der Waals surface area contributed by atoms with E-state index >= 15 is 0 Å². The molecular formula is C23H21ClFN7O. The third-order valence-corrected chi connectivity index (χ3v) is 5.82. The predicted octanol–water partition coefficient (Wildman–Crippen LogP) is 4.29. The maximum Gasteiger partial charge on any atom is 0.226 e. The number of anilines is 4. The summed E-state index contributed by atoms with van der Waals surface area (Å²) in [6.45, 7) is 3.21. The van der Waals surface area contributed by atoms with Gasteiger partial charge in [0, 0.05) is 43.6 Å². The summed E-state index contributed by atoms with van der Waals surface area (Å²) < 4.78 is 18.8. The fraction of sp³-hybridized carbons (Fsp3) is 0.217. The van der Waals surface area contributed by atoms with Crippen LogP contribution in [0.3, 0.4) is 0 Å². The number of nitrogens with one attached hydrogen (secondary N) is 1. The summed E-state index contributed by atoms with van der Waals surface area (Å²) in [6.07, 6.45) is 3.13. The molecule has 5 rings (SSSR count). The molecule has 0 spiro atoms. The summed E-state index contributed by atoms with van der Waals surface area (Å²) in [4.78, 5) is 22.3. The second-order valence-corrected chi connectivity index (χ2v) is 7.96. The Morgan fingerprint density at radius 3 is 2.61 bits per heavy atom. The van der Waals surface area contributed by atoms with Gasteiger partial charge >= 0.3 is 0 Å². The summed E-state index contributed by atoms with van der Waals surface area (Å²) in [5.74, 6) is 1.48. The minimum atomic E-state index is -0.479. The Morgan fingerprint density at radius 1 is 1.00 bits per heavy atom. The number of rotatable bonds is 5. The van der Waals surface area contributed by atoms with Crippen LogP contribution in [0.4, 0.5) is 27.5 Å². The molecule has 0 unspecified atom stereocenters. The van der Waals surface area contributed by atoms with Crippen LogP contribution in [0.25, 0.3) is 11.0 Å². The van der Waals surface area contributed by atoms with Gasteiger partial charge in [0.2, 0.25) is 5.95 Å². The molecule has 10 heteroatoms. The summed E-state index contributed by atoms with van der Waals surface area (Å²) in [7, 11) is 1.67. The molecule has 1 aliphatic rings. The maximum atomic E-state index is 13.5. The second kappa shape index (κ2) is 9.03. The van der Waals surface area contributed by atoms with Gasteiger partial charge in [-0.2, -0.15) is 0 Å². The van der Waals surface area contributed by atoms with E-state index in [9.17, 15) is 4.39 Å². The van der Waals surface area contributed by atoms with E-state index in [0.717, 1.165) is 37.6 Å². The third-order valence-electron chi connectivity index (χ3n) is 5.53. The number of ether oxygens (including phenoxy) is 1. The van der Waals surface area contributed by atoms with Crippen LogP contribution < -0.4 is 19.9 Å². The van der Waals surface area contributed by atoms with Crippen molar-refractivity contribution in [2.24, 2.45) is 0 Å². The van der Waals surface area contributed by atoms with Gasteiger partial charge in [-0.15, -0.1) is 0 Å². The first-order chi connectivity index (χ1) is 16.1. The molecule has 1 saturated heterocycles. The Hall–Kier alpha value is -3.72. The number of halogens is 2. The van der Waals surface area contributed by atoms with Crippen LogP contribution in [0.5, 0.6) is 5.75 Å². The summed E-state index contributed by atoms with van der Waals surface area (Å²) in [5, 5.41) is 3.18. The van der Waals surface area contributed by atoms with Crippen molar-refractivity contribution in [1.29, 1.82) is 0 Å². The van der Waals surface area contributed by atoms with Crippen molar-refractivity contribution >= 4 is 45.8 Å². The topological polar surface area (TPSA) is 79.3 Å². The Kier molecular flexibility index (Phi) is 5.78. The van der Waals surface area contributed by atoms with Crippen molar-refractivity contribution in [3.63, 3.8) is 0 Å². The fourth-order valence-corrected chi connectivity index (χ4v) is 3.95. The van der Waals surface area contributed by atoms with Gasteiger partial charge in [-0.3, -0.25) is 0 Å². The Morgan fingerprint density at radius 2 is 1.82 bits per heavy atom. The minimum absolute atomic E-state index is 0.0302. The average molecular weight is 466 g/mol. The van der Waals surface area contributed by atoms with Gasteiger partial charge in [0.25, 0.3) is 0 Å². The number of aromatic nitrogens is 4. The highest BCUT2D eigenvalue weighted by Crippen LogP contribution is 2.27. The molecular weight excluding hydrogens is 445 g/mol. The van der Waals surface area contributed by atoms with E-state index < -0.39 is 5.82 Å². The van der Waals surface area contributed by atoms with Crippen molar-refractivity contribution in [3.05, 3.63) is 65.8 Å². The van der Waals surface area contributed by atoms with Crippen molar-refractivity contribution in [3.8, 4) is 5.75 Å². The van der Waals surface area contributed by atoms with E-state index in [1.807, 2.05) is 18.2 Å². The van der Waals surface area contributed by atoms with E-state index in [0.29, 0.717) is 28.5 Å². The van der Waals surface area contributed by atoms with Gasteiger partial charge in [-0.05, 0) is 30.3 Å². The third kappa shape index (κ3) is 4.45. The normalized spacial score (nSPS) is 13.9. The largest absolute Gasteiger partial charge is 0.497 e. The minimum Gasteiger partial charge on any atom is -0.497 e. The highest BCUT2D eigenvalue weighted by atomic mass is 35.5. The lowest BCUT2D eigenvalue weighted by Gasteiger charge is -2.36. The first-order valence-electron chi connectivity index (χ1n) is 10.4. The smallest absolute Gasteiger partial charge is 0.226 e. The molecule has 2 aromatic heterocycles. The van der Waals surface area contributed by atoms with Crippen LogP contribution in [0.1, 0.15) is 0 Å². The molecule has 1 N–H and O–H groups in total. The number of nitrogens with zero attached hydrogens (tertiary/aromatic N) is 6. The first-order valence-corrected chi connectivity index (χ1v) is 10.8. The van der Waals surface area contributed by atoms with Crippen LogP contribution in [0.2, 0.25) is 5.02 Å². The lowest BCUT2D eigenvalue weighted by atomic mass is 10.2. The van der Waals surface area contributed by atoms with Crippen molar-refractivity contribution in [2.45, 2.75) is 0 Å². The van der Waals surface area contributed by atoms with E-state index in [-0.39, 0.29) is 5.02 Å². The molecule has 0 aliphatic carbocycles. The maximum absolute atomic E-state index is 13.5. The Bertz CT molecular complexity index is 1300. The average Bonchev–Trinajstić information content (AvgIpc) is 2.86. The molecule has 0 bridgehead atoms. The highest BCUT2D eigenvalue weighted by Gasteiger charge is 2.20. The van der Waals surface area contributed by atoms with Crippen LogP contribution in [-0.4, -0.2) is 53.2 Å². The molecule has 3 heterocycles. The van der Waals surface area contributed by atoms with Crippen LogP contribution in [-0.2, 0) is 0 Å². The van der Waals surface area contributed by atoms with Gasteiger partial charge in [-0.25, -0.2) is 24.3 Å². The standard InChI is InChI=1S/C23H21ClFN7O/c1-33-17-4-2-3-16(12-17)31-7-9-32(10-8-31)23-26-13-20-21(30-23)22(28-14-27-20)29-15-5-6-19(25)18(24)11-15/h2-6,11-14H,7-10H2,1H3,(H,27,28,29). The molecule has 0 radical (unpaired) electrons. The van der Waals surface area contributed by atoms with Crippen molar-refractivity contribution < 1.29 is 9.13 Å². The Labute approximate surface area is 195 Å². The number of benzene rings is 2. The first kappa shape index (κ1) is 21.1. The van der Waals surface area contributed by atoms with E-state index in [1.54, 1.807) is 19.4 Å². The highest BCUT2D eigenvalue weighted by molar-refractivity contribution is 6.31. The van der Waals surface area contributed by atoms with Gasteiger partial charge in [0.05, 0.1) is 18.3 Å². The predicted molar refractivity (Wildman–Crippen MR) is 127 cm³/mol. The lowest BCUT2D eigenvalue weighted by Crippen LogP contribution is -2.47. The van der Waals surface area contributed by atoms with Gasteiger partial charge in [0.15, 0.2) is 5.82 Å². The zero-order valence-electron chi connectivity index (χ0n) is 17.9. The Balaban J connectivity index is 1.36. The van der Waals surface area contributed by atoms with Gasteiger partial charge in [-0.1, -0.05) is 17.7 Å². The lowest BCUT2D eigenvalue weighted by molar-refractivity contribution is 0.414. The molecule has 1 fully saturated rings. The summed E-state index contributed by atoms with van der Waals surface area (Å²) in [6, 6.07) is 12.5. The molecule has 4 aromatic rings. The van der Waals surface area contributed by atoms with E-state index in [4.69, 9.17) is 21.3 Å². The molecule has 2 aromatic carbocycles. The van der Waals surface area contributed by atoms with Crippen molar-refractivity contribution in [2.75, 3.05) is 48.4 Å². The fourth-order valence-electron chi connectivity index (χ4n) is 3.77. The molecule has 168 valence electrons. The molecule has 33 heavy (non-hydrogen) atoms. The number of hydrogen-bond donors (Lipinski definition) is 1.